The summed E-state index contributed by atoms with van der Waals surface area (Å²) in [6.45, 7) is 9.45. The highest BCUT2D eigenvalue weighted by atomic mass is 16.7. The highest BCUT2D eigenvalue weighted by Crippen LogP contribution is 2.44. The summed E-state index contributed by atoms with van der Waals surface area (Å²) < 4.78 is 32.8. The Morgan fingerprint density at radius 1 is 1.14 bits per heavy atom. The fraction of sp³-hybridized carbons (Fsp3) is 0.593. The topological polar surface area (TPSA) is 127 Å². The van der Waals surface area contributed by atoms with Crippen LogP contribution in [0.5, 0.6) is 17.2 Å². The molecule has 1 N–H and O–H groups in total. The second-order valence-electron chi connectivity index (χ2n) is 9.10. The molecule has 0 spiro atoms. The van der Waals surface area contributed by atoms with Crippen LogP contribution in [0.15, 0.2) is 23.8 Å². The van der Waals surface area contributed by atoms with Crippen LogP contribution in [0, 0.1) is 0 Å². The molecular weight excluding hydrogens is 484 g/mol. The average molecular weight is 523 g/mol. The van der Waals surface area contributed by atoms with Crippen LogP contribution in [0.1, 0.15) is 78.9 Å². The van der Waals surface area contributed by atoms with Crippen molar-refractivity contribution in [3.05, 3.63) is 29.3 Å². The Morgan fingerprint density at radius 2 is 1.84 bits per heavy atom. The molecule has 0 unspecified atom stereocenters. The zero-order chi connectivity index (χ0) is 27.8. The fourth-order valence-electron chi connectivity index (χ4n) is 3.48. The minimum absolute atomic E-state index is 0.000257. The Balaban J connectivity index is 2.25. The van der Waals surface area contributed by atoms with E-state index in [0.29, 0.717) is 34.8 Å². The van der Waals surface area contributed by atoms with E-state index in [-0.39, 0.29) is 13.2 Å². The number of aliphatic hydroxyl groups is 1. The van der Waals surface area contributed by atoms with Crippen molar-refractivity contribution in [1.29, 1.82) is 0 Å². The summed E-state index contributed by atoms with van der Waals surface area (Å²) in [6.07, 6.45) is 0.950. The third kappa shape index (κ3) is 7.61. The van der Waals surface area contributed by atoms with E-state index in [4.69, 9.17) is 28.4 Å². The van der Waals surface area contributed by atoms with Crippen LogP contribution in [0.25, 0.3) is 0 Å². The first-order chi connectivity index (χ1) is 17.5. The number of benzene rings is 1. The standard InChI is InChI=1S/C27H38O10/c1-8-10-11-12-22(28)36-18(5)27(6,31)26(30)35-17(4)23(37-25(29)16(3)9-2)19-13-20(32-7)24-21(14-19)33-15-34-24/h9,13-14,17-18,23,31H,8,10-12,15H2,1-7H3/b16-9+/t17-,18-,23-,27+/m0/s1. The summed E-state index contributed by atoms with van der Waals surface area (Å²) in [5, 5.41) is 10.9. The molecule has 0 bridgehead atoms. The molecule has 1 aromatic carbocycles. The molecule has 0 fully saturated rings. The van der Waals surface area contributed by atoms with Gasteiger partial charge in [0.15, 0.2) is 23.2 Å². The SMILES string of the molecule is C/C=C(\C)C(=O)O[C@H](c1cc(OC)c2c(c1)OCO2)[C@H](C)OC(=O)[C@](C)(O)[C@H](C)OC(=O)CCCCC. The lowest BCUT2D eigenvalue weighted by Crippen LogP contribution is -2.49. The summed E-state index contributed by atoms with van der Waals surface area (Å²) in [7, 11) is 1.46. The fourth-order valence-corrected chi connectivity index (χ4v) is 3.48. The minimum Gasteiger partial charge on any atom is -0.493 e. The predicted octanol–water partition coefficient (Wildman–Crippen LogP) is 4.17. The number of carbonyl (C=O) groups is 3. The van der Waals surface area contributed by atoms with Gasteiger partial charge in [0.2, 0.25) is 12.5 Å². The second-order valence-corrected chi connectivity index (χ2v) is 9.10. The molecule has 0 amide bonds. The smallest absolute Gasteiger partial charge is 0.342 e. The van der Waals surface area contributed by atoms with Crippen molar-refractivity contribution >= 4 is 17.9 Å². The van der Waals surface area contributed by atoms with Gasteiger partial charge in [0.25, 0.3) is 0 Å². The first-order valence-corrected chi connectivity index (χ1v) is 12.4. The Labute approximate surface area is 217 Å². The van der Waals surface area contributed by atoms with Crippen LogP contribution in [0.4, 0.5) is 0 Å². The molecule has 10 nitrogen and oxygen atoms in total. The van der Waals surface area contributed by atoms with Crippen molar-refractivity contribution in [3.63, 3.8) is 0 Å². The van der Waals surface area contributed by atoms with Gasteiger partial charge in [-0.25, -0.2) is 9.59 Å². The minimum atomic E-state index is -2.14. The number of ether oxygens (including phenoxy) is 6. The number of carbonyl (C=O) groups excluding carboxylic acids is 3. The molecular formula is C27H38O10. The molecule has 4 atom stereocenters. The molecule has 0 aromatic heterocycles. The lowest BCUT2D eigenvalue weighted by Gasteiger charge is -2.31. The van der Waals surface area contributed by atoms with Crippen LogP contribution >= 0.6 is 0 Å². The van der Waals surface area contributed by atoms with Crippen molar-refractivity contribution in [2.24, 2.45) is 0 Å². The maximum Gasteiger partial charge on any atom is 0.342 e. The molecule has 1 aliphatic heterocycles. The van der Waals surface area contributed by atoms with E-state index in [2.05, 4.69) is 0 Å². The molecule has 206 valence electrons. The quantitative estimate of drug-likeness (QED) is 0.174. The van der Waals surface area contributed by atoms with Gasteiger partial charge < -0.3 is 33.5 Å². The van der Waals surface area contributed by atoms with Crippen molar-refractivity contribution in [3.8, 4) is 17.2 Å². The molecule has 1 aromatic rings. The summed E-state index contributed by atoms with van der Waals surface area (Å²) >= 11 is 0. The van der Waals surface area contributed by atoms with Gasteiger partial charge in [-0.3, -0.25) is 4.79 Å². The summed E-state index contributed by atoms with van der Waals surface area (Å²) in [5.74, 6) is -1.03. The molecule has 37 heavy (non-hydrogen) atoms. The molecule has 10 heteroatoms. The molecule has 0 aliphatic carbocycles. The Kier molecular flexibility index (Phi) is 10.8. The molecule has 2 rings (SSSR count). The number of hydrogen-bond donors (Lipinski definition) is 1. The Morgan fingerprint density at radius 3 is 2.46 bits per heavy atom. The van der Waals surface area contributed by atoms with E-state index in [1.54, 1.807) is 32.1 Å². The normalized spacial score (nSPS) is 16.7. The highest BCUT2D eigenvalue weighted by Gasteiger charge is 2.43. The van der Waals surface area contributed by atoms with Crippen LogP contribution in [-0.4, -0.2) is 54.7 Å². The van der Waals surface area contributed by atoms with Gasteiger partial charge in [0.05, 0.1) is 7.11 Å². The number of unbranched alkanes of at least 4 members (excludes halogenated alkanes) is 2. The van der Waals surface area contributed by atoms with Gasteiger partial charge >= 0.3 is 17.9 Å². The molecule has 1 aliphatic rings. The van der Waals surface area contributed by atoms with Gasteiger partial charge in [0.1, 0.15) is 12.2 Å². The molecule has 1 heterocycles. The Bertz CT molecular complexity index is 997. The van der Waals surface area contributed by atoms with Crippen LogP contribution in [-0.2, 0) is 28.6 Å². The molecule has 0 saturated carbocycles. The van der Waals surface area contributed by atoms with E-state index in [1.807, 2.05) is 6.92 Å². The molecule has 0 saturated heterocycles. The van der Waals surface area contributed by atoms with Crippen LogP contribution in [0.3, 0.4) is 0 Å². The summed E-state index contributed by atoms with van der Waals surface area (Å²) in [4.78, 5) is 37.7. The van der Waals surface area contributed by atoms with Gasteiger partial charge in [-0.1, -0.05) is 25.8 Å². The van der Waals surface area contributed by atoms with Gasteiger partial charge in [-0.05, 0) is 53.2 Å². The highest BCUT2D eigenvalue weighted by molar-refractivity contribution is 5.88. The first kappa shape index (κ1) is 30.0. The summed E-state index contributed by atoms with van der Waals surface area (Å²) in [5.41, 5.74) is -1.37. The van der Waals surface area contributed by atoms with Crippen molar-refractivity contribution in [1.82, 2.24) is 0 Å². The zero-order valence-electron chi connectivity index (χ0n) is 22.6. The van der Waals surface area contributed by atoms with Gasteiger partial charge in [0, 0.05) is 17.6 Å². The number of rotatable bonds is 13. The second kappa shape index (κ2) is 13.3. The van der Waals surface area contributed by atoms with E-state index in [1.165, 1.54) is 27.9 Å². The number of esters is 3. The maximum atomic E-state index is 13.0. The van der Waals surface area contributed by atoms with E-state index in [0.717, 1.165) is 12.8 Å². The number of allylic oxidation sites excluding steroid dienone is 1. The predicted molar refractivity (Wildman–Crippen MR) is 133 cm³/mol. The monoisotopic (exact) mass is 522 g/mol. The van der Waals surface area contributed by atoms with Gasteiger partial charge in [-0.2, -0.15) is 0 Å². The Hall–Kier alpha value is -3.27. The molecule has 0 radical (unpaired) electrons. The third-order valence-corrected chi connectivity index (χ3v) is 6.22. The maximum absolute atomic E-state index is 13.0. The van der Waals surface area contributed by atoms with E-state index >= 15 is 0 Å². The number of hydrogen-bond acceptors (Lipinski definition) is 10. The van der Waals surface area contributed by atoms with Crippen molar-refractivity contribution < 1.29 is 47.9 Å². The van der Waals surface area contributed by atoms with Gasteiger partial charge in [-0.15, -0.1) is 0 Å². The van der Waals surface area contributed by atoms with E-state index < -0.39 is 41.8 Å². The lowest BCUT2D eigenvalue weighted by atomic mass is 9.99. The summed E-state index contributed by atoms with van der Waals surface area (Å²) in [6, 6.07) is 3.20. The first-order valence-electron chi connectivity index (χ1n) is 12.4. The number of fused-ring (bicyclic) bond motifs is 1. The van der Waals surface area contributed by atoms with Crippen LogP contribution in [0.2, 0.25) is 0 Å². The zero-order valence-corrected chi connectivity index (χ0v) is 22.6. The van der Waals surface area contributed by atoms with Crippen molar-refractivity contribution in [2.45, 2.75) is 91.1 Å². The van der Waals surface area contributed by atoms with Crippen LogP contribution < -0.4 is 14.2 Å². The average Bonchev–Trinajstić information content (AvgIpc) is 3.34. The largest absolute Gasteiger partial charge is 0.493 e. The van der Waals surface area contributed by atoms with Crippen molar-refractivity contribution in [2.75, 3.05) is 13.9 Å². The number of methoxy groups -OCH3 is 1. The third-order valence-electron chi connectivity index (χ3n) is 6.22. The lowest BCUT2D eigenvalue weighted by molar-refractivity contribution is -0.193. The van der Waals surface area contributed by atoms with E-state index in [9.17, 15) is 19.5 Å².